The molecule has 2 heterocycles. The van der Waals surface area contributed by atoms with Crippen molar-refractivity contribution in [2.24, 2.45) is 0 Å². The first kappa shape index (κ1) is 11.7. The molecular formula is C11H10F3N3S. The molecule has 3 rings (SSSR count). The van der Waals surface area contributed by atoms with Crippen LogP contribution in [0.4, 0.5) is 13.2 Å². The fourth-order valence-corrected chi connectivity index (χ4v) is 3.22. The first-order chi connectivity index (χ1) is 8.55. The smallest absolute Gasteiger partial charge is 0.223 e. The van der Waals surface area contributed by atoms with Crippen LogP contribution in [-0.4, -0.2) is 14.8 Å². The summed E-state index contributed by atoms with van der Waals surface area (Å²) in [5.41, 5.74) is 0.165. The second kappa shape index (κ2) is 4.08. The van der Waals surface area contributed by atoms with Gasteiger partial charge in [-0.2, -0.15) is 18.3 Å². The molecule has 0 radical (unpaired) electrons. The molecule has 7 heteroatoms. The van der Waals surface area contributed by atoms with Crippen molar-refractivity contribution >= 4 is 11.3 Å². The molecule has 0 saturated heterocycles. The summed E-state index contributed by atoms with van der Waals surface area (Å²) in [6, 6.07) is 0.973. The Hall–Kier alpha value is -1.37. The zero-order chi connectivity index (χ0) is 12.8. The van der Waals surface area contributed by atoms with Crippen molar-refractivity contribution in [3.8, 4) is 5.13 Å². The summed E-state index contributed by atoms with van der Waals surface area (Å²) in [6.45, 7) is 0. The minimum atomic E-state index is -4.40. The number of aryl methyl sites for hydroxylation is 2. The molecule has 0 aromatic carbocycles. The van der Waals surface area contributed by atoms with Crippen LogP contribution in [0.25, 0.3) is 5.13 Å². The second-order valence-corrected chi connectivity index (χ2v) is 5.26. The minimum Gasteiger partial charge on any atom is -0.223 e. The van der Waals surface area contributed by atoms with Crippen molar-refractivity contribution in [2.75, 3.05) is 0 Å². The summed E-state index contributed by atoms with van der Waals surface area (Å²) >= 11 is 1.31. The lowest BCUT2D eigenvalue weighted by Crippen LogP contribution is -2.13. The maximum absolute atomic E-state index is 12.8. The first-order valence-corrected chi connectivity index (χ1v) is 6.47. The molecule has 3 nitrogen and oxygen atoms in total. The van der Waals surface area contributed by atoms with Gasteiger partial charge < -0.3 is 0 Å². The van der Waals surface area contributed by atoms with Crippen molar-refractivity contribution in [1.29, 1.82) is 0 Å². The van der Waals surface area contributed by atoms with Crippen molar-refractivity contribution in [3.05, 3.63) is 28.5 Å². The normalized spacial score (nSPS) is 15.7. The monoisotopic (exact) mass is 273 g/mol. The Morgan fingerprint density at radius 3 is 2.72 bits per heavy atom. The van der Waals surface area contributed by atoms with Gasteiger partial charge in [0.25, 0.3) is 0 Å². The third kappa shape index (κ3) is 1.92. The van der Waals surface area contributed by atoms with Gasteiger partial charge in [-0.25, -0.2) is 9.67 Å². The van der Waals surface area contributed by atoms with Gasteiger partial charge in [-0.15, -0.1) is 0 Å². The van der Waals surface area contributed by atoms with Crippen LogP contribution < -0.4 is 0 Å². The first-order valence-electron chi connectivity index (χ1n) is 5.66. The average molecular weight is 273 g/mol. The number of nitrogens with zero attached hydrogens (tertiary/aromatic N) is 3. The molecule has 0 saturated carbocycles. The molecule has 0 fully saturated rings. The van der Waals surface area contributed by atoms with E-state index >= 15 is 0 Å². The zero-order valence-electron chi connectivity index (χ0n) is 9.37. The van der Waals surface area contributed by atoms with Gasteiger partial charge >= 0.3 is 6.18 Å². The Labute approximate surface area is 105 Å². The topological polar surface area (TPSA) is 30.7 Å². The lowest BCUT2D eigenvalue weighted by molar-refractivity contribution is -0.142. The largest absolute Gasteiger partial charge is 0.433 e. The lowest BCUT2D eigenvalue weighted by Gasteiger charge is -2.07. The molecular weight excluding hydrogens is 263 g/mol. The van der Waals surface area contributed by atoms with Gasteiger partial charge in [-0.05, 0) is 31.7 Å². The third-order valence-corrected chi connectivity index (χ3v) is 4.08. The molecule has 0 atom stereocenters. The highest BCUT2D eigenvalue weighted by Gasteiger charge is 2.36. The van der Waals surface area contributed by atoms with Crippen LogP contribution in [0.1, 0.15) is 29.1 Å². The van der Waals surface area contributed by atoms with Crippen LogP contribution in [0.3, 0.4) is 0 Å². The third-order valence-electron chi connectivity index (χ3n) is 2.95. The highest BCUT2D eigenvalue weighted by atomic mass is 32.1. The molecule has 18 heavy (non-hydrogen) atoms. The molecule has 0 amide bonds. The minimum absolute atomic E-state index is 0.319. The van der Waals surface area contributed by atoms with Crippen molar-refractivity contribution in [3.63, 3.8) is 0 Å². The fraction of sp³-hybridized carbons (Fsp3) is 0.455. The molecule has 0 aliphatic heterocycles. The summed E-state index contributed by atoms with van der Waals surface area (Å²) in [5, 5.41) is 4.06. The SMILES string of the molecule is FC(F)(F)c1ccnn1-c1nc2c(s1)CCCC2. The van der Waals surface area contributed by atoms with E-state index in [1.54, 1.807) is 0 Å². The number of fused-ring (bicyclic) bond motifs is 1. The highest BCUT2D eigenvalue weighted by molar-refractivity contribution is 7.14. The summed E-state index contributed by atoms with van der Waals surface area (Å²) in [7, 11) is 0. The molecule has 2 aromatic rings. The Kier molecular flexibility index (Phi) is 2.65. The molecule has 96 valence electrons. The summed E-state index contributed by atoms with van der Waals surface area (Å²) in [5.74, 6) is 0. The van der Waals surface area contributed by atoms with Crippen molar-refractivity contribution in [2.45, 2.75) is 31.9 Å². The number of halogens is 3. The Balaban J connectivity index is 2.05. The van der Waals surface area contributed by atoms with E-state index < -0.39 is 11.9 Å². The lowest BCUT2D eigenvalue weighted by atomic mass is 10.0. The van der Waals surface area contributed by atoms with Gasteiger partial charge in [-0.1, -0.05) is 11.3 Å². The highest BCUT2D eigenvalue weighted by Crippen LogP contribution is 2.33. The van der Waals surface area contributed by atoms with Gasteiger partial charge in [0.2, 0.25) is 5.13 Å². The van der Waals surface area contributed by atoms with E-state index in [2.05, 4.69) is 10.1 Å². The van der Waals surface area contributed by atoms with E-state index in [4.69, 9.17) is 0 Å². The quantitative estimate of drug-likeness (QED) is 0.798. The van der Waals surface area contributed by atoms with Crippen molar-refractivity contribution in [1.82, 2.24) is 14.8 Å². The predicted octanol–water partition coefficient (Wildman–Crippen LogP) is 3.23. The van der Waals surface area contributed by atoms with Gasteiger partial charge in [0.15, 0.2) is 5.69 Å². The second-order valence-electron chi connectivity index (χ2n) is 4.20. The molecule has 0 bridgehead atoms. The van der Waals surface area contributed by atoms with Gasteiger partial charge in [0.1, 0.15) is 0 Å². The molecule has 2 aromatic heterocycles. The predicted molar refractivity (Wildman–Crippen MR) is 60.9 cm³/mol. The zero-order valence-corrected chi connectivity index (χ0v) is 10.2. The number of alkyl halides is 3. The van der Waals surface area contributed by atoms with E-state index in [1.165, 1.54) is 11.3 Å². The van der Waals surface area contributed by atoms with Crippen LogP contribution >= 0.6 is 11.3 Å². The van der Waals surface area contributed by atoms with Crippen molar-refractivity contribution < 1.29 is 13.2 Å². The number of hydrogen-bond acceptors (Lipinski definition) is 3. The molecule has 0 spiro atoms. The number of aromatic nitrogens is 3. The maximum Gasteiger partial charge on any atom is 0.433 e. The van der Waals surface area contributed by atoms with E-state index in [0.717, 1.165) is 53.2 Å². The van der Waals surface area contributed by atoms with Gasteiger partial charge in [0.05, 0.1) is 11.9 Å². The number of thiazole rings is 1. The molecule has 0 unspecified atom stereocenters. The van der Waals surface area contributed by atoms with Crippen LogP contribution in [-0.2, 0) is 19.0 Å². The summed E-state index contributed by atoms with van der Waals surface area (Å²) < 4.78 is 39.2. The van der Waals surface area contributed by atoms with E-state index in [-0.39, 0.29) is 0 Å². The van der Waals surface area contributed by atoms with Crippen LogP contribution in [0.5, 0.6) is 0 Å². The Morgan fingerprint density at radius 2 is 2.00 bits per heavy atom. The molecule has 0 N–H and O–H groups in total. The van der Waals surface area contributed by atoms with Gasteiger partial charge in [0, 0.05) is 4.88 Å². The van der Waals surface area contributed by atoms with E-state index in [0.29, 0.717) is 5.13 Å². The van der Waals surface area contributed by atoms with Crippen LogP contribution in [0.2, 0.25) is 0 Å². The number of hydrogen-bond donors (Lipinski definition) is 0. The molecule has 1 aliphatic carbocycles. The summed E-state index contributed by atoms with van der Waals surface area (Å²) in [4.78, 5) is 5.38. The van der Waals surface area contributed by atoms with Gasteiger partial charge in [-0.3, -0.25) is 0 Å². The number of rotatable bonds is 1. The maximum atomic E-state index is 12.8. The fourth-order valence-electron chi connectivity index (χ4n) is 2.10. The average Bonchev–Trinajstić information content (AvgIpc) is 2.94. The van der Waals surface area contributed by atoms with E-state index in [9.17, 15) is 13.2 Å². The summed E-state index contributed by atoms with van der Waals surface area (Å²) in [6.07, 6.45) is 0.664. The molecule has 1 aliphatic rings. The van der Waals surface area contributed by atoms with E-state index in [1.807, 2.05) is 0 Å². The standard InChI is InChI=1S/C11H10F3N3S/c12-11(13,14)9-5-6-15-17(9)10-16-7-3-1-2-4-8(7)18-10/h5-6H,1-4H2. The van der Waals surface area contributed by atoms with Crippen LogP contribution in [0.15, 0.2) is 12.3 Å². The Bertz CT molecular complexity index is 547. The van der Waals surface area contributed by atoms with Crippen LogP contribution in [0, 0.1) is 0 Å². The Morgan fingerprint density at radius 1 is 1.22 bits per heavy atom.